The molecule has 1 saturated carbocycles. The van der Waals surface area contributed by atoms with Crippen LogP contribution in [-0.2, 0) is 0 Å². The van der Waals surface area contributed by atoms with Crippen molar-refractivity contribution in [3.8, 4) is 5.88 Å². The van der Waals surface area contributed by atoms with Crippen molar-refractivity contribution in [2.24, 2.45) is 0 Å². The summed E-state index contributed by atoms with van der Waals surface area (Å²) in [5.41, 5.74) is 2.19. The number of anilines is 1. The van der Waals surface area contributed by atoms with Gasteiger partial charge in [0, 0.05) is 12.2 Å². The molecular weight excluding hydrogens is 176 g/mol. The number of hydrogen-bond donors (Lipinski definition) is 1. The van der Waals surface area contributed by atoms with Gasteiger partial charge in [0.2, 0.25) is 5.88 Å². The number of hydrogen-bond acceptors (Lipinski definition) is 3. The fourth-order valence-electron chi connectivity index (χ4n) is 1.60. The van der Waals surface area contributed by atoms with Crippen LogP contribution in [0.1, 0.15) is 24.8 Å². The first-order valence-corrected chi connectivity index (χ1v) is 5.07. The van der Waals surface area contributed by atoms with Gasteiger partial charge in [-0.05, 0) is 37.8 Å². The van der Waals surface area contributed by atoms with Gasteiger partial charge in [0.25, 0.3) is 0 Å². The highest BCUT2D eigenvalue weighted by Gasteiger charge is 2.18. The van der Waals surface area contributed by atoms with Crippen molar-refractivity contribution < 1.29 is 4.74 Å². The standard InChI is InChI=1S/C11H16N2O/c1-8-6-10(11(14-2)12-7-8)13-9-4-3-5-9/h6-7,9,13H,3-5H2,1-2H3. The fraction of sp³-hybridized carbons (Fsp3) is 0.545. The summed E-state index contributed by atoms with van der Waals surface area (Å²) in [6.45, 7) is 2.04. The Morgan fingerprint density at radius 3 is 2.86 bits per heavy atom. The molecule has 3 nitrogen and oxygen atoms in total. The van der Waals surface area contributed by atoms with Gasteiger partial charge in [-0.2, -0.15) is 0 Å². The van der Waals surface area contributed by atoms with E-state index in [2.05, 4.69) is 16.4 Å². The second-order valence-corrected chi connectivity index (χ2v) is 3.84. The van der Waals surface area contributed by atoms with Gasteiger partial charge in [0.05, 0.1) is 12.8 Å². The molecule has 0 aliphatic heterocycles. The maximum atomic E-state index is 5.20. The second kappa shape index (κ2) is 3.86. The Bertz CT molecular complexity index is 321. The van der Waals surface area contributed by atoms with E-state index >= 15 is 0 Å². The summed E-state index contributed by atoms with van der Waals surface area (Å²) in [4.78, 5) is 4.22. The Balaban J connectivity index is 2.15. The van der Waals surface area contributed by atoms with E-state index in [-0.39, 0.29) is 0 Å². The van der Waals surface area contributed by atoms with Crippen molar-refractivity contribution in [2.75, 3.05) is 12.4 Å². The number of pyridine rings is 1. The van der Waals surface area contributed by atoms with Crippen molar-refractivity contribution in [3.05, 3.63) is 17.8 Å². The van der Waals surface area contributed by atoms with Crippen LogP contribution in [-0.4, -0.2) is 18.1 Å². The zero-order chi connectivity index (χ0) is 9.97. The molecule has 0 bridgehead atoms. The lowest BCUT2D eigenvalue weighted by molar-refractivity contribution is 0.394. The zero-order valence-electron chi connectivity index (χ0n) is 8.71. The Labute approximate surface area is 84.5 Å². The van der Waals surface area contributed by atoms with E-state index in [0.717, 1.165) is 11.3 Å². The molecule has 14 heavy (non-hydrogen) atoms. The first-order chi connectivity index (χ1) is 6.79. The number of nitrogens with one attached hydrogen (secondary N) is 1. The lowest BCUT2D eigenvalue weighted by Gasteiger charge is -2.28. The Kier molecular flexibility index (Phi) is 2.57. The Morgan fingerprint density at radius 1 is 1.50 bits per heavy atom. The monoisotopic (exact) mass is 192 g/mol. The van der Waals surface area contributed by atoms with Gasteiger partial charge in [-0.1, -0.05) is 0 Å². The topological polar surface area (TPSA) is 34.1 Å². The van der Waals surface area contributed by atoms with Gasteiger partial charge in [-0.25, -0.2) is 4.98 Å². The molecule has 1 aliphatic rings. The predicted octanol–water partition coefficient (Wildman–Crippen LogP) is 2.36. The molecule has 0 aromatic carbocycles. The normalized spacial score (nSPS) is 16.1. The summed E-state index contributed by atoms with van der Waals surface area (Å²) < 4.78 is 5.20. The molecular formula is C11H16N2O. The molecule has 1 aromatic heterocycles. The SMILES string of the molecule is COc1ncc(C)cc1NC1CCC1. The van der Waals surface area contributed by atoms with Crippen molar-refractivity contribution in [1.82, 2.24) is 4.98 Å². The van der Waals surface area contributed by atoms with Crippen LogP contribution in [0.4, 0.5) is 5.69 Å². The van der Waals surface area contributed by atoms with Crippen LogP contribution in [0.3, 0.4) is 0 Å². The zero-order valence-corrected chi connectivity index (χ0v) is 8.71. The van der Waals surface area contributed by atoms with Gasteiger partial charge in [-0.3, -0.25) is 0 Å². The minimum atomic E-state index is 0.618. The van der Waals surface area contributed by atoms with E-state index in [1.165, 1.54) is 19.3 Å². The van der Waals surface area contributed by atoms with Crippen molar-refractivity contribution in [3.63, 3.8) is 0 Å². The van der Waals surface area contributed by atoms with Crippen LogP contribution in [0.25, 0.3) is 0 Å². The Morgan fingerprint density at radius 2 is 2.29 bits per heavy atom. The third kappa shape index (κ3) is 1.81. The number of methoxy groups -OCH3 is 1. The maximum absolute atomic E-state index is 5.20. The summed E-state index contributed by atoms with van der Waals surface area (Å²) >= 11 is 0. The van der Waals surface area contributed by atoms with E-state index in [0.29, 0.717) is 11.9 Å². The first kappa shape index (κ1) is 9.31. The molecule has 2 rings (SSSR count). The highest BCUT2D eigenvalue weighted by Crippen LogP contribution is 2.28. The molecule has 1 N–H and O–H groups in total. The van der Waals surface area contributed by atoms with Crippen LogP contribution in [0.2, 0.25) is 0 Å². The van der Waals surface area contributed by atoms with Crippen LogP contribution >= 0.6 is 0 Å². The molecule has 0 radical (unpaired) electrons. The van der Waals surface area contributed by atoms with Crippen molar-refractivity contribution in [1.29, 1.82) is 0 Å². The molecule has 0 spiro atoms. The number of aromatic nitrogens is 1. The van der Waals surface area contributed by atoms with Crippen LogP contribution in [0.5, 0.6) is 5.88 Å². The summed E-state index contributed by atoms with van der Waals surface area (Å²) in [6.07, 6.45) is 5.68. The van der Waals surface area contributed by atoms with E-state index in [1.807, 2.05) is 13.1 Å². The molecule has 76 valence electrons. The highest BCUT2D eigenvalue weighted by molar-refractivity contribution is 5.54. The third-order valence-corrected chi connectivity index (χ3v) is 2.65. The molecule has 0 atom stereocenters. The quantitative estimate of drug-likeness (QED) is 0.798. The highest BCUT2D eigenvalue weighted by atomic mass is 16.5. The predicted molar refractivity (Wildman–Crippen MR) is 56.8 cm³/mol. The molecule has 1 fully saturated rings. The average molecular weight is 192 g/mol. The van der Waals surface area contributed by atoms with Gasteiger partial charge in [0.15, 0.2) is 0 Å². The van der Waals surface area contributed by atoms with Gasteiger partial charge in [-0.15, -0.1) is 0 Å². The van der Waals surface area contributed by atoms with Crippen LogP contribution < -0.4 is 10.1 Å². The summed E-state index contributed by atoms with van der Waals surface area (Å²) in [5, 5.41) is 3.45. The molecule has 0 saturated heterocycles. The van der Waals surface area contributed by atoms with Crippen molar-refractivity contribution in [2.45, 2.75) is 32.2 Å². The smallest absolute Gasteiger partial charge is 0.237 e. The lowest BCUT2D eigenvalue weighted by atomic mass is 9.93. The summed E-state index contributed by atoms with van der Waals surface area (Å²) in [7, 11) is 1.66. The molecule has 3 heteroatoms. The Hall–Kier alpha value is -1.25. The largest absolute Gasteiger partial charge is 0.480 e. The molecule has 1 aromatic rings. The molecule has 1 heterocycles. The number of rotatable bonds is 3. The minimum Gasteiger partial charge on any atom is -0.480 e. The van der Waals surface area contributed by atoms with Gasteiger partial charge in [0.1, 0.15) is 0 Å². The summed E-state index contributed by atoms with van der Waals surface area (Å²) in [6, 6.07) is 2.71. The molecule has 0 unspecified atom stereocenters. The molecule has 1 aliphatic carbocycles. The lowest BCUT2D eigenvalue weighted by Crippen LogP contribution is -2.27. The number of aryl methyl sites for hydroxylation is 1. The van der Waals surface area contributed by atoms with E-state index < -0.39 is 0 Å². The third-order valence-electron chi connectivity index (χ3n) is 2.65. The fourth-order valence-corrected chi connectivity index (χ4v) is 1.60. The van der Waals surface area contributed by atoms with Crippen LogP contribution in [0.15, 0.2) is 12.3 Å². The van der Waals surface area contributed by atoms with Crippen LogP contribution in [0, 0.1) is 6.92 Å². The minimum absolute atomic E-state index is 0.618. The second-order valence-electron chi connectivity index (χ2n) is 3.84. The molecule has 0 amide bonds. The van der Waals surface area contributed by atoms with E-state index in [4.69, 9.17) is 4.74 Å². The van der Waals surface area contributed by atoms with Gasteiger partial charge < -0.3 is 10.1 Å². The average Bonchev–Trinajstić information content (AvgIpc) is 2.12. The van der Waals surface area contributed by atoms with E-state index in [9.17, 15) is 0 Å². The van der Waals surface area contributed by atoms with Crippen molar-refractivity contribution >= 4 is 5.69 Å². The summed E-state index contributed by atoms with van der Waals surface area (Å²) in [5.74, 6) is 0.697. The van der Waals surface area contributed by atoms with Gasteiger partial charge >= 0.3 is 0 Å². The van der Waals surface area contributed by atoms with E-state index in [1.54, 1.807) is 7.11 Å². The maximum Gasteiger partial charge on any atom is 0.237 e. The number of nitrogens with zero attached hydrogens (tertiary/aromatic N) is 1. The first-order valence-electron chi connectivity index (χ1n) is 5.07. The number of ether oxygens (including phenoxy) is 1.